The number of rotatable bonds is 3. The molecular formula is C14H12N2O5S. The fraction of sp³-hybridized carbons (Fsp3) is 0.286. The van der Waals surface area contributed by atoms with Crippen LogP contribution in [-0.2, 0) is 9.59 Å². The largest absolute Gasteiger partial charge is 0.480 e. The van der Waals surface area contributed by atoms with Crippen molar-refractivity contribution >= 4 is 33.3 Å². The van der Waals surface area contributed by atoms with Gasteiger partial charge in [-0.05, 0) is 18.6 Å². The van der Waals surface area contributed by atoms with Crippen LogP contribution in [0.3, 0.4) is 0 Å². The molecule has 0 saturated carbocycles. The van der Waals surface area contributed by atoms with Crippen molar-refractivity contribution in [3.63, 3.8) is 0 Å². The molecule has 114 valence electrons. The molecule has 0 aliphatic carbocycles. The van der Waals surface area contributed by atoms with E-state index >= 15 is 0 Å². The van der Waals surface area contributed by atoms with E-state index in [1.54, 1.807) is 24.3 Å². The monoisotopic (exact) mass is 320 g/mol. The van der Waals surface area contributed by atoms with Gasteiger partial charge in [-0.25, -0.2) is 0 Å². The summed E-state index contributed by atoms with van der Waals surface area (Å²) in [6.07, 6.45) is 0.256. The second-order valence-corrected chi connectivity index (χ2v) is 5.99. The van der Waals surface area contributed by atoms with Crippen molar-refractivity contribution in [2.45, 2.75) is 12.5 Å². The number of aliphatic carboxylic acids is 1. The molecule has 7 nitrogen and oxygen atoms in total. The van der Waals surface area contributed by atoms with Crippen LogP contribution < -0.4 is 10.4 Å². The predicted molar refractivity (Wildman–Crippen MR) is 80.2 cm³/mol. The molecule has 1 unspecified atom stereocenters. The summed E-state index contributed by atoms with van der Waals surface area (Å²) in [7, 11) is 0. The Morgan fingerprint density at radius 2 is 2.00 bits per heavy atom. The van der Waals surface area contributed by atoms with Gasteiger partial charge in [0.2, 0.25) is 5.91 Å². The summed E-state index contributed by atoms with van der Waals surface area (Å²) in [5, 5.41) is 9.16. The van der Waals surface area contributed by atoms with E-state index in [-0.39, 0.29) is 13.0 Å². The van der Waals surface area contributed by atoms with E-state index in [0.29, 0.717) is 10.1 Å². The number of nitrogens with zero attached hydrogens (tertiary/aromatic N) is 2. The number of amides is 1. The van der Waals surface area contributed by atoms with Gasteiger partial charge in [0.25, 0.3) is 5.56 Å². The molecule has 1 atom stereocenters. The van der Waals surface area contributed by atoms with Crippen LogP contribution in [0.2, 0.25) is 0 Å². The van der Waals surface area contributed by atoms with E-state index in [0.717, 1.165) is 20.8 Å². The summed E-state index contributed by atoms with van der Waals surface area (Å²) >= 11 is 0.907. The van der Waals surface area contributed by atoms with E-state index in [9.17, 15) is 19.2 Å². The molecule has 0 radical (unpaired) electrons. The van der Waals surface area contributed by atoms with Gasteiger partial charge in [0.15, 0.2) is 0 Å². The molecule has 1 fully saturated rings. The maximum Gasteiger partial charge on any atom is 0.323 e. The van der Waals surface area contributed by atoms with Crippen LogP contribution in [0, 0.1) is 0 Å². The van der Waals surface area contributed by atoms with Gasteiger partial charge in [0, 0.05) is 11.2 Å². The summed E-state index contributed by atoms with van der Waals surface area (Å²) in [5.41, 5.74) is -0.505. The topological polar surface area (TPSA) is 96.7 Å². The number of benzene rings is 1. The quantitative estimate of drug-likeness (QED) is 0.876. The van der Waals surface area contributed by atoms with Gasteiger partial charge in [0.05, 0.1) is 5.39 Å². The molecule has 1 N–H and O–H groups in total. The van der Waals surface area contributed by atoms with Gasteiger partial charge in [-0.1, -0.05) is 23.5 Å². The van der Waals surface area contributed by atoms with Crippen molar-refractivity contribution in [1.29, 1.82) is 0 Å². The number of hydrogen-bond donors (Lipinski definition) is 1. The van der Waals surface area contributed by atoms with Crippen molar-refractivity contribution < 1.29 is 14.7 Å². The van der Waals surface area contributed by atoms with Crippen molar-refractivity contribution in [2.75, 3.05) is 13.1 Å². The first-order chi connectivity index (χ1) is 10.5. The van der Waals surface area contributed by atoms with Gasteiger partial charge in [0.1, 0.15) is 12.6 Å². The molecule has 1 aromatic heterocycles. The second-order valence-electron chi connectivity index (χ2n) is 5.00. The van der Waals surface area contributed by atoms with Gasteiger partial charge in [-0.3, -0.25) is 23.7 Å². The zero-order chi connectivity index (χ0) is 15.9. The van der Waals surface area contributed by atoms with E-state index in [2.05, 4.69) is 0 Å². The molecule has 3 rings (SSSR count). The molecule has 2 heterocycles. The first-order valence-corrected chi connectivity index (χ1v) is 7.45. The Morgan fingerprint density at radius 3 is 2.73 bits per heavy atom. The highest BCUT2D eigenvalue weighted by molar-refractivity contribution is 7.16. The lowest BCUT2D eigenvalue weighted by atomic mass is 10.2. The standard InChI is InChI=1S/C14H12N2O5S/c17-11(18)7-15-6-5-9(13(15)20)16-12(19)8-3-1-2-4-10(8)22-14(16)21/h1-4,9H,5-7H2,(H,17,18). The lowest BCUT2D eigenvalue weighted by molar-refractivity contribution is -0.143. The zero-order valence-corrected chi connectivity index (χ0v) is 12.2. The van der Waals surface area contributed by atoms with Gasteiger partial charge in [-0.2, -0.15) is 0 Å². The molecule has 0 bridgehead atoms. The summed E-state index contributed by atoms with van der Waals surface area (Å²) in [5.74, 6) is -1.62. The molecule has 8 heteroatoms. The number of fused-ring (bicyclic) bond motifs is 1. The number of hydrogen-bond acceptors (Lipinski definition) is 5. The van der Waals surface area contributed by atoms with Crippen molar-refractivity contribution in [2.24, 2.45) is 0 Å². The molecule has 1 aliphatic rings. The summed E-state index contributed by atoms with van der Waals surface area (Å²) in [6, 6.07) is 5.80. The fourth-order valence-corrected chi connectivity index (χ4v) is 3.55. The highest BCUT2D eigenvalue weighted by atomic mass is 32.1. The average Bonchev–Trinajstić information content (AvgIpc) is 2.80. The Kier molecular flexibility index (Phi) is 3.53. The normalized spacial score (nSPS) is 18.1. The minimum Gasteiger partial charge on any atom is -0.480 e. The number of carbonyl (C=O) groups excluding carboxylic acids is 1. The van der Waals surface area contributed by atoms with E-state index in [1.165, 1.54) is 0 Å². The SMILES string of the molecule is O=C(O)CN1CCC(n2c(=O)sc3ccccc3c2=O)C1=O. The van der Waals surface area contributed by atoms with Crippen LogP contribution in [0.25, 0.3) is 10.1 Å². The summed E-state index contributed by atoms with van der Waals surface area (Å²) in [4.78, 5) is 48.3. The van der Waals surface area contributed by atoms with Crippen molar-refractivity contribution in [1.82, 2.24) is 9.47 Å². The Morgan fingerprint density at radius 1 is 1.27 bits per heavy atom. The Balaban J connectivity index is 2.08. The second kappa shape index (κ2) is 5.38. The molecule has 22 heavy (non-hydrogen) atoms. The molecule has 1 amide bonds. The molecule has 1 aromatic carbocycles. The average molecular weight is 320 g/mol. The lowest BCUT2D eigenvalue weighted by Crippen LogP contribution is -2.40. The maximum atomic E-state index is 12.5. The molecular weight excluding hydrogens is 308 g/mol. The summed E-state index contributed by atoms with van der Waals surface area (Å²) in [6.45, 7) is -0.200. The first-order valence-electron chi connectivity index (χ1n) is 6.64. The van der Waals surface area contributed by atoms with Gasteiger partial charge < -0.3 is 10.0 Å². The predicted octanol–water partition coefficient (Wildman–Crippen LogP) is 0.281. The minimum absolute atomic E-state index is 0.221. The smallest absolute Gasteiger partial charge is 0.323 e. The molecule has 2 aromatic rings. The number of aromatic nitrogens is 1. The highest BCUT2D eigenvalue weighted by Crippen LogP contribution is 2.22. The number of carboxylic acid groups (broad SMARTS) is 1. The van der Waals surface area contributed by atoms with Crippen molar-refractivity contribution in [3.8, 4) is 0 Å². The first kappa shape index (κ1) is 14.5. The maximum absolute atomic E-state index is 12.5. The van der Waals surface area contributed by atoms with E-state index < -0.39 is 34.9 Å². The van der Waals surface area contributed by atoms with Crippen LogP contribution in [-0.4, -0.2) is 39.5 Å². The number of carboxylic acids is 1. The Hall–Kier alpha value is -2.48. The highest BCUT2D eigenvalue weighted by Gasteiger charge is 2.35. The fourth-order valence-electron chi connectivity index (χ4n) is 2.64. The number of carbonyl (C=O) groups is 2. The van der Waals surface area contributed by atoms with E-state index in [4.69, 9.17) is 5.11 Å². The van der Waals surface area contributed by atoms with Crippen molar-refractivity contribution in [3.05, 3.63) is 44.3 Å². The van der Waals surface area contributed by atoms with E-state index in [1.807, 2.05) is 0 Å². The molecule has 1 aliphatic heterocycles. The third kappa shape index (κ3) is 2.31. The number of likely N-dealkylation sites (tertiary alicyclic amines) is 1. The zero-order valence-electron chi connectivity index (χ0n) is 11.4. The minimum atomic E-state index is -1.12. The molecule has 0 spiro atoms. The Labute approximate surface area is 128 Å². The van der Waals surface area contributed by atoms with Crippen LogP contribution in [0.15, 0.2) is 33.9 Å². The Bertz CT molecular complexity index is 885. The van der Waals surface area contributed by atoms with Crippen LogP contribution >= 0.6 is 11.3 Å². The van der Waals surface area contributed by atoms with Gasteiger partial charge >= 0.3 is 10.8 Å². The molecule has 1 saturated heterocycles. The lowest BCUT2D eigenvalue weighted by Gasteiger charge is -2.15. The third-order valence-electron chi connectivity index (χ3n) is 3.64. The summed E-state index contributed by atoms with van der Waals surface area (Å²) < 4.78 is 1.53. The van der Waals surface area contributed by atoms with Gasteiger partial charge in [-0.15, -0.1) is 0 Å². The third-order valence-corrected chi connectivity index (χ3v) is 4.58. The van der Waals surface area contributed by atoms with Crippen LogP contribution in [0.5, 0.6) is 0 Å². The van der Waals surface area contributed by atoms with Crippen LogP contribution in [0.4, 0.5) is 0 Å². The van der Waals surface area contributed by atoms with Crippen LogP contribution in [0.1, 0.15) is 12.5 Å².